The Morgan fingerprint density at radius 3 is 2.46 bits per heavy atom. The van der Waals surface area contributed by atoms with Crippen LogP contribution in [0.4, 0.5) is 23.3 Å². The number of nitrogens with one attached hydrogen (secondary N) is 2. The summed E-state index contributed by atoms with van der Waals surface area (Å²) in [6.45, 7) is 3.08. The number of nitrogens with zero attached hydrogens (tertiary/aromatic N) is 5. The second kappa shape index (κ2) is 10.3. The molecule has 0 atom stereocenters. The summed E-state index contributed by atoms with van der Waals surface area (Å²) in [6, 6.07) is 19.6. The van der Waals surface area contributed by atoms with Crippen LogP contribution in [0.1, 0.15) is 19.8 Å². The molecule has 2 N–H and O–H groups in total. The third kappa shape index (κ3) is 5.75. The predicted molar refractivity (Wildman–Crippen MR) is 135 cm³/mol. The molecule has 5 rings (SSSR count). The lowest BCUT2D eigenvalue weighted by molar-refractivity contribution is -0.114. The topological polar surface area (TPSA) is 97.2 Å². The number of hydrogen-bond donors (Lipinski definition) is 2. The first-order chi connectivity index (χ1) is 17.1. The minimum absolute atomic E-state index is 0.120. The molecule has 1 aliphatic heterocycles. The number of carbonyl (C=O) groups excluding carboxylic acids is 1. The quantitative estimate of drug-likeness (QED) is 0.414. The van der Waals surface area contributed by atoms with Gasteiger partial charge in [-0.15, -0.1) is 0 Å². The van der Waals surface area contributed by atoms with E-state index in [1.807, 2.05) is 60.9 Å². The molecular formula is C26H27N7O2. The number of benzene rings is 2. The lowest BCUT2D eigenvalue weighted by atomic mass is 10.1. The summed E-state index contributed by atoms with van der Waals surface area (Å²) >= 11 is 0. The van der Waals surface area contributed by atoms with Gasteiger partial charge in [-0.25, -0.2) is 9.97 Å². The molecule has 4 aromatic rings. The highest BCUT2D eigenvalue weighted by molar-refractivity contribution is 5.89. The van der Waals surface area contributed by atoms with E-state index < -0.39 is 0 Å². The zero-order valence-electron chi connectivity index (χ0n) is 19.5. The average molecular weight is 470 g/mol. The monoisotopic (exact) mass is 469 g/mol. The Kier molecular flexibility index (Phi) is 6.56. The summed E-state index contributed by atoms with van der Waals surface area (Å²) < 4.78 is 8.29. The molecule has 3 heterocycles. The third-order valence-corrected chi connectivity index (χ3v) is 5.77. The third-order valence-electron chi connectivity index (χ3n) is 5.77. The fourth-order valence-electron chi connectivity index (χ4n) is 4.08. The van der Waals surface area contributed by atoms with Crippen LogP contribution in [-0.2, 0) is 4.79 Å². The largest absolute Gasteiger partial charge is 0.490 e. The van der Waals surface area contributed by atoms with Crippen molar-refractivity contribution < 1.29 is 9.53 Å². The van der Waals surface area contributed by atoms with Crippen molar-refractivity contribution in [1.29, 1.82) is 0 Å². The predicted octanol–water partition coefficient (Wildman–Crippen LogP) is 4.41. The molecule has 2 aromatic carbocycles. The molecule has 1 amide bonds. The van der Waals surface area contributed by atoms with Gasteiger partial charge in [0.25, 0.3) is 0 Å². The number of amides is 1. The fraction of sp³-hybridized carbons (Fsp3) is 0.231. The van der Waals surface area contributed by atoms with Crippen LogP contribution >= 0.6 is 0 Å². The van der Waals surface area contributed by atoms with Gasteiger partial charge in [0.1, 0.15) is 18.2 Å². The van der Waals surface area contributed by atoms with Crippen LogP contribution in [0.15, 0.2) is 79.4 Å². The molecule has 1 aliphatic rings. The molecule has 0 radical (unpaired) electrons. The van der Waals surface area contributed by atoms with Crippen LogP contribution in [0.5, 0.6) is 5.75 Å². The van der Waals surface area contributed by atoms with Gasteiger partial charge in [-0.05, 0) is 54.6 Å². The molecule has 0 saturated carbocycles. The van der Waals surface area contributed by atoms with E-state index in [0.29, 0.717) is 17.6 Å². The smallest absolute Gasteiger partial charge is 0.231 e. The van der Waals surface area contributed by atoms with E-state index in [0.717, 1.165) is 43.1 Å². The molecule has 1 saturated heterocycles. The van der Waals surface area contributed by atoms with Gasteiger partial charge in [-0.3, -0.25) is 4.79 Å². The summed E-state index contributed by atoms with van der Waals surface area (Å²) in [5, 5.41) is 5.96. The van der Waals surface area contributed by atoms with Crippen molar-refractivity contribution in [2.24, 2.45) is 0 Å². The Morgan fingerprint density at radius 2 is 1.71 bits per heavy atom. The normalized spacial score (nSPS) is 13.9. The minimum atomic E-state index is -0.120. The highest BCUT2D eigenvalue weighted by Crippen LogP contribution is 2.24. The second-order valence-corrected chi connectivity index (χ2v) is 8.38. The van der Waals surface area contributed by atoms with Gasteiger partial charge in [0.2, 0.25) is 17.8 Å². The standard InChI is InChI=1S/C26H27N7O2/c1-19(34)29-20-5-4-6-21(17-20)30-25-27-18-28-26(31-25)33-15-11-24(12-16-33)35-23-9-7-22(8-10-23)32-13-2-3-14-32/h2-10,13-14,17-18,24H,11-12,15-16H2,1H3,(H,29,34)(H,27,28,30,31). The van der Waals surface area contributed by atoms with Crippen molar-refractivity contribution >= 4 is 29.2 Å². The van der Waals surface area contributed by atoms with Gasteiger partial charge in [-0.1, -0.05) is 6.07 Å². The number of rotatable bonds is 7. The zero-order valence-corrected chi connectivity index (χ0v) is 19.5. The van der Waals surface area contributed by atoms with Crippen LogP contribution in [0, 0.1) is 0 Å². The van der Waals surface area contributed by atoms with E-state index in [-0.39, 0.29) is 12.0 Å². The van der Waals surface area contributed by atoms with Crippen molar-refractivity contribution in [3.63, 3.8) is 0 Å². The first-order valence-corrected chi connectivity index (χ1v) is 11.6. The van der Waals surface area contributed by atoms with Gasteiger partial charge in [0.15, 0.2) is 0 Å². The maximum Gasteiger partial charge on any atom is 0.231 e. The summed E-state index contributed by atoms with van der Waals surface area (Å²) in [7, 11) is 0. The van der Waals surface area contributed by atoms with Gasteiger partial charge >= 0.3 is 0 Å². The Bertz CT molecular complexity index is 1270. The molecule has 1 fully saturated rings. The van der Waals surface area contributed by atoms with Crippen molar-refractivity contribution in [2.45, 2.75) is 25.9 Å². The zero-order chi connectivity index (χ0) is 24.0. The molecule has 9 heteroatoms. The first kappa shape index (κ1) is 22.4. The number of ether oxygens (including phenoxy) is 1. The number of aromatic nitrogens is 4. The van der Waals surface area contributed by atoms with Crippen LogP contribution < -0.4 is 20.3 Å². The molecule has 9 nitrogen and oxygen atoms in total. The number of anilines is 4. The highest BCUT2D eigenvalue weighted by atomic mass is 16.5. The van der Waals surface area contributed by atoms with E-state index in [2.05, 4.69) is 47.2 Å². The lowest BCUT2D eigenvalue weighted by Gasteiger charge is -2.32. The lowest BCUT2D eigenvalue weighted by Crippen LogP contribution is -2.39. The van der Waals surface area contributed by atoms with E-state index in [1.165, 1.54) is 13.3 Å². The number of hydrogen-bond acceptors (Lipinski definition) is 7. The molecule has 35 heavy (non-hydrogen) atoms. The second-order valence-electron chi connectivity index (χ2n) is 8.38. The van der Waals surface area contributed by atoms with Crippen LogP contribution in [0.3, 0.4) is 0 Å². The SMILES string of the molecule is CC(=O)Nc1cccc(Nc2ncnc(N3CCC(Oc4ccc(-n5cccc5)cc4)CC3)n2)c1. The van der Waals surface area contributed by atoms with E-state index in [1.54, 1.807) is 0 Å². The maximum absolute atomic E-state index is 11.3. The Morgan fingerprint density at radius 1 is 0.971 bits per heavy atom. The highest BCUT2D eigenvalue weighted by Gasteiger charge is 2.22. The molecule has 2 aromatic heterocycles. The minimum Gasteiger partial charge on any atom is -0.490 e. The Balaban J connectivity index is 1.16. The van der Waals surface area contributed by atoms with Crippen molar-refractivity contribution in [2.75, 3.05) is 28.6 Å². The van der Waals surface area contributed by atoms with E-state index in [4.69, 9.17) is 4.74 Å². The Hall–Kier alpha value is -4.40. The van der Waals surface area contributed by atoms with Crippen LogP contribution in [0.25, 0.3) is 5.69 Å². The molecule has 178 valence electrons. The van der Waals surface area contributed by atoms with E-state index >= 15 is 0 Å². The van der Waals surface area contributed by atoms with Gasteiger partial charge in [0.05, 0.1) is 0 Å². The summed E-state index contributed by atoms with van der Waals surface area (Å²) in [5.41, 5.74) is 2.60. The van der Waals surface area contributed by atoms with Crippen LogP contribution in [0.2, 0.25) is 0 Å². The number of piperidine rings is 1. The fourth-order valence-corrected chi connectivity index (χ4v) is 4.08. The number of carbonyl (C=O) groups is 1. The maximum atomic E-state index is 11.3. The molecule has 0 bridgehead atoms. The van der Waals surface area contributed by atoms with Crippen molar-refractivity contribution in [3.8, 4) is 11.4 Å². The summed E-state index contributed by atoms with van der Waals surface area (Å²) in [5.74, 6) is 1.85. The summed E-state index contributed by atoms with van der Waals surface area (Å²) in [4.78, 5) is 26.7. The average Bonchev–Trinajstić information content (AvgIpc) is 3.40. The molecule has 0 unspecified atom stereocenters. The first-order valence-electron chi connectivity index (χ1n) is 11.6. The van der Waals surface area contributed by atoms with Crippen molar-refractivity contribution in [1.82, 2.24) is 19.5 Å². The van der Waals surface area contributed by atoms with E-state index in [9.17, 15) is 4.79 Å². The van der Waals surface area contributed by atoms with Gasteiger partial charge in [0, 0.05) is 62.3 Å². The van der Waals surface area contributed by atoms with Crippen LogP contribution in [-0.4, -0.2) is 44.6 Å². The molecule has 0 spiro atoms. The van der Waals surface area contributed by atoms with Gasteiger partial charge < -0.3 is 24.8 Å². The molecule has 0 aliphatic carbocycles. The summed E-state index contributed by atoms with van der Waals surface area (Å²) in [6.07, 6.45) is 7.48. The molecular weight excluding hydrogens is 442 g/mol. The van der Waals surface area contributed by atoms with Crippen molar-refractivity contribution in [3.05, 3.63) is 79.4 Å². The Labute approximate surface area is 203 Å². The van der Waals surface area contributed by atoms with Gasteiger partial charge in [-0.2, -0.15) is 4.98 Å².